The molecule has 0 radical (unpaired) electrons. The Balaban J connectivity index is 1.35. The normalized spacial score (nSPS) is 11.9. The monoisotopic (exact) mass is 662 g/mol. The first-order valence-corrected chi connectivity index (χ1v) is 16.8. The number of carbonyl (C=O) groups excluding carboxylic acids is 2. The molecule has 0 aliphatic rings. The molecule has 1 atom stereocenters. The fourth-order valence-electron chi connectivity index (χ4n) is 3.99. The molecule has 0 fully saturated rings. The summed E-state index contributed by atoms with van der Waals surface area (Å²) in [6.07, 6.45) is 2.21. The van der Waals surface area contributed by atoms with Gasteiger partial charge < -0.3 is 18.9 Å². The average Bonchev–Trinajstić information content (AvgIpc) is 3.07. The van der Waals surface area contributed by atoms with Crippen LogP contribution in [0.1, 0.15) is 13.3 Å². The number of ether oxygens (including phenoxy) is 4. The quantitative estimate of drug-likeness (QED) is 0.0929. The third-order valence-electron chi connectivity index (χ3n) is 6.50. The van der Waals surface area contributed by atoms with Crippen LogP contribution >= 0.6 is 0 Å². The van der Waals surface area contributed by atoms with Crippen LogP contribution in [-0.4, -0.2) is 41.5 Å². The van der Waals surface area contributed by atoms with E-state index in [0.717, 1.165) is 12.2 Å². The van der Waals surface area contributed by atoms with Crippen molar-refractivity contribution in [1.82, 2.24) is 0 Å². The summed E-state index contributed by atoms with van der Waals surface area (Å²) in [6, 6.07) is 22.8. The van der Waals surface area contributed by atoms with E-state index in [1.165, 1.54) is 84.9 Å². The van der Waals surface area contributed by atoms with Crippen molar-refractivity contribution in [3.8, 4) is 23.0 Å². The van der Waals surface area contributed by atoms with E-state index in [9.17, 15) is 26.4 Å². The maximum Gasteiger partial charge on any atom is 0.335 e. The van der Waals surface area contributed by atoms with E-state index in [-0.39, 0.29) is 43.8 Å². The number of carbonyl (C=O) groups is 2. The summed E-state index contributed by atoms with van der Waals surface area (Å²) in [5.74, 6) is -0.0490. The molecule has 0 saturated carbocycles. The minimum Gasteiger partial charge on any atom is -0.490 e. The second-order valence-corrected chi connectivity index (χ2v) is 13.5. The molecule has 1 unspecified atom stereocenters. The molecule has 4 aromatic rings. The van der Waals surface area contributed by atoms with Gasteiger partial charge >= 0.3 is 11.9 Å². The predicted octanol–water partition coefficient (Wildman–Crippen LogP) is 5.77. The molecule has 0 spiro atoms. The lowest BCUT2D eigenvalue weighted by molar-refractivity contribution is -0.129. The van der Waals surface area contributed by atoms with Crippen LogP contribution in [-0.2, 0) is 29.3 Å². The molecule has 0 heterocycles. The molecule has 4 rings (SSSR count). The fourth-order valence-corrected chi connectivity index (χ4v) is 6.51. The van der Waals surface area contributed by atoms with E-state index >= 15 is 0 Å². The lowest BCUT2D eigenvalue weighted by atomic mass is 10.3. The van der Waals surface area contributed by atoms with Crippen LogP contribution in [0.2, 0.25) is 0 Å². The van der Waals surface area contributed by atoms with Gasteiger partial charge in [0.25, 0.3) is 0 Å². The van der Waals surface area contributed by atoms with Crippen LogP contribution in [0.4, 0.5) is 0 Å². The molecule has 0 N–H and O–H groups in total. The van der Waals surface area contributed by atoms with Crippen LogP contribution in [0.25, 0.3) is 0 Å². The van der Waals surface area contributed by atoms with E-state index in [0.29, 0.717) is 17.9 Å². The van der Waals surface area contributed by atoms with E-state index in [2.05, 4.69) is 13.2 Å². The SMILES string of the molecule is C=CC(=O)Oc1ccc(S(=O)(=O)c2ccc(OCC(CC)Oc3ccc(S(=O)(=O)c4ccc(OC(=O)C=C)cc4)cc3)cc2)cc1. The van der Waals surface area contributed by atoms with Gasteiger partial charge in [-0.1, -0.05) is 20.1 Å². The van der Waals surface area contributed by atoms with Gasteiger partial charge in [0.05, 0.1) is 19.6 Å². The Bertz CT molecular complexity index is 1910. The predicted molar refractivity (Wildman–Crippen MR) is 169 cm³/mol. The Labute approximate surface area is 267 Å². The first-order valence-electron chi connectivity index (χ1n) is 13.8. The van der Waals surface area contributed by atoms with Gasteiger partial charge in [-0.25, -0.2) is 26.4 Å². The van der Waals surface area contributed by atoms with Crippen LogP contribution in [0, 0.1) is 0 Å². The molecule has 0 bridgehead atoms. The third kappa shape index (κ3) is 8.29. The van der Waals surface area contributed by atoms with Crippen molar-refractivity contribution in [2.75, 3.05) is 6.61 Å². The Morgan fingerprint density at radius 2 is 0.913 bits per heavy atom. The molecule has 4 aromatic carbocycles. The minimum absolute atomic E-state index is 0.0299. The number of hydrogen-bond acceptors (Lipinski definition) is 10. The van der Waals surface area contributed by atoms with E-state index in [1.807, 2.05) is 6.92 Å². The van der Waals surface area contributed by atoms with E-state index < -0.39 is 31.6 Å². The molecule has 10 nitrogen and oxygen atoms in total. The van der Waals surface area contributed by atoms with E-state index in [1.54, 1.807) is 12.1 Å². The molecular formula is C34H30O10S2. The third-order valence-corrected chi connectivity index (χ3v) is 10.1. The van der Waals surface area contributed by atoms with Crippen molar-refractivity contribution in [2.24, 2.45) is 0 Å². The highest BCUT2D eigenvalue weighted by Crippen LogP contribution is 2.27. The molecule has 46 heavy (non-hydrogen) atoms. The van der Waals surface area contributed by atoms with Crippen LogP contribution in [0.3, 0.4) is 0 Å². The number of hydrogen-bond donors (Lipinski definition) is 0. The molecule has 0 amide bonds. The van der Waals surface area contributed by atoms with Gasteiger partial charge in [0.1, 0.15) is 35.7 Å². The summed E-state index contributed by atoms with van der Waals surface area (Å²) in [5.41, 5.74) is 0. The Kier molecular flexibility index (Phi) is 10.8. The molecule has 12 heteroatoms. The lowest BCUT2D eigenvalue weighted by Gasteiger charge is -2.18. The Hall–Kier alpha value is -5.20. The zero-order valence-electron chi connectivity index (χ0n) is 24.7. The van der Waals surface area contributed by atoms with Crippen molar-refractivity contribution in [3.05, 3.63) is 122 Å². The highest BCUT2D eigenvalue weighted by atomic mass is 32.2. The highest BCUT2D eigenvalue weighted by molar-refractivity contribution is 7.91. The van der Waals surface area contributed by atoms with Crippen LogP contribution < -0.4 is 18.9 Å². The smallest absolute Gasteiger partial charge is 0.335 e. The number of sulfone groups is 2. The van der Waals surface area contributed by atoms with Crippen molar-refractivity contribution in [1.29, 1.82) is 0 Å². The van der Waals surface area contributed by atoms with Gasteiger partial charge in [-0.05, 0) is 103 Å². The molecule has 0 aliphatic carbocycles. The van der Waals surface area contributed by atoms with Crippen molar-refractivity contribution < 1.29 is 45.4 Å². The largest absolute Gasteiger partial charge is 0.490 e. The van der Waals surface area contributed by atoms with Gasteiger partial charge in [0.15, 0.2) is 0 Å². The number of benzene rings is 4. The zero-order chi connectivity index (χ0) is 33.3. The second-order valence-electron chi connectivity index (χ2n) is 9.60. The standard InChI is InChI=1S/C34H30O10S2/c1-4-24(42-26-9-17-30(18-10-26)46(39,40)32-21-13-28(14-22-32)44-34(36)6-3)23-41-25-7-15-29(16-8-25)45(37,38)31-19-11-27(12-20-31)43-33(35)5-2/h5-22,24H,2-4,23H2,1H3. The second kappa shape index (κ2) is 14.7. The van der Waals surface area contributed by atoms with Gasteiger partial charge in [-0.3, -0.25) is 0 Å². The minimum atomic E-state index is -3.83. The topological polar surface area (TPSA) is 139 Å². The maximum absolute atomic E-state index is 13.1. The van der Waals surface area contributed by atoms with Crippen LogP contribution in [0.15, 0.2) is 142 Å². The van der Waals surface area contributed by atoms with Crippen molar-refractivity contribution >= 4 is 31.6 Å². The molecule has 0 saturated heterocycles. The zero-order valence-corrected chi connectivity index (χ0v) is 26.3. The Morgan fingerprint density at radius 3 is 1.24 bits per heavy atom. The summed E-state index contributed by atoms with van der Waals surface area (Å²) in [4.78, 5) is 22.9. The lowest BCUT2D eigenvalue weighted by Crippen LogP contribution is -2.24. The highest BCUT2D eigenvalue weighted by Gasteiger charge is 2.20. The van der Waals surface area contributed by atoms with Gasteiger partial charge in [0.2, 0.25) is 19.7 Å². The average molecular weight is 663 g/mol. The van der Waals surface area contributed by atoms with Gasteiger partial charge in [-0.15, -0.1) is 0 Å². The number of rotatable bonds is 14. The van der Waals surface area contributed by atoms with Crippen molar-refractivity contribution in [2.45, 2.75) is 39.0 Å². The molecule has 238 valence electrons. The Morgan fingerprint density at radius 1 is 0.587 bits per heavy atom. The fraction of sp³-hybridized carbons (Fsp3) is 0.118. The summed E-state index contributed by atoms with van der Waals surface area (Å²) in [7, 11) is -7.66. The summed E-state index contributed by atoms with van der Waals surface area (Å²) in [6.45, 7) is 8.69. The van der Waals surface area contributed by atoms with Gasteiger partial charge in [0, 0.05) is 12.2 Å². The first-order chi connectivity index (χ1) is 22.0. The van der Waals surface area contributed by atoms with Gasteiger partial charge in [-0.2, -0.15) is 0 Å². The molecule has 0 aliphatic heterocycles. The number of esters is 2. The molecular weight excluding hydrogens is 632 g/mol. The maximum atomic E-state index is 13.1. The summed E-state index contributed by atoms with van der Waals surface area (Å²) < 4.78 is 74.0. The van der Waals surface area contributed by atoms with Crippen LogP contribution in [0.5, 0.6) is 23.0 Å². The van der Waals surface area contributed by atoms with E-state index in [4.69, 9.17) is 18.9 Å². The summed E-state index contributed by atoms with van der Waals surface area (Å²) in [5, 5.41) is 0. The van der Waals surface area contributed by atoms with Crippen molar-refractivity contribution in [3.63, 3.8) is 0 Å². The molecule has 0 aromatic heterocycles. The first kappa shape index (κ1) is 33.7. The summed E-state index contributed by atoms with van der Waals surface area (Å²) >= 11 is 0.